The van der Waals surface area contributed by atoms with Crippen LogP contribution in [0.2, 0.25) is 0 Å². The molecule has 3 nitrogen and oxygen atoms in total. The van der Waals surface area contributed by atoms with Crippen molar-refractivity contribution in [2.24, 2.45) is 5.73 Å². The fourth-order valence-electron chi connectivity index (χ4n) is 2.24. The Morgan fingerprint density at radius 1 is 1.26 bits per heavy atom. The van der Waals surface area contributed by atoms with Crippen LogP contribution in [0.1, 0.15) is 22.9 Å². The van der Waals surface area contributed by atoms with Crippen molar-refractivity contribution < 1.29 is 4.42 Å². The van der Waals surface area contributed by atoms with Gasteiger partial charge in [0.05, 0.1) is 6.04 Å². The Bertz CT molecular complexity index is 688. The Balaban J connectivity index is 1.87. The molecule has 2 aromatic heterocycles. The largest absolute Gasteiger partial charge is 0.459 e. The van der Waals surface area contributed by atoms with Crippen LogP contribution in [0.25, 0.3) is 11.0 Å². The summed E-state index contributed by atoms with van der Waals surface area (Å²) in [5.41, 5.74) is 9.44. The van der Waals surface area contributed by atoms with E-state index in [1.807, 2.05) is 36.5 Å². The van der Waals surface area contributed by atoms with Crippen molar-refractivity contribution in [3.8, 4) is 0 Å². The number of rotatable bonds is 3. The lowest BCUT2D eigenvalue weighted by atomic mass is 10.1. The number of aromatic nitrogens is 1. The quantitative estimate of drug-likeness (QED) is 0.777. The second kappa shape index (κ2) is 4.86. The number of pyridine rings is 1. The van der Waals surface area contributed by atoms with Crippen LogP contribution in [-0.2, 0) is 6.42 Å². The fraction of sp³-hybridized carbons (Fsp3) is 0.188. The molecule has 0 saturated heterocycles. The summed E-state index contributed by atoms with van der Waals surface area (Å²) in [6, 6.07) is 12.0. The predicted octanol–water partition coefficient (Wildman–Crippen LogP) is 3.38. The Kier molecular flexibility index (Phi) is 3.05. The summed E-state index contributed by atoms with van der Waals surface area (Å²) < 4.78 is 5.81. The third-order valence-electron chi connectivity index (χ3n) is 3.23. The van der Waals surface area contributed by atoms with E-state index in [0.717, 1.165) is 28.7 Å². The van der Waals surface area contributed by atoms with Gasteiger partial charge in [0.15, 0.2) is 0 Å². The molecule has 1 atom stereocenters. The Hall–Kier alpha value is -2.13. The molecule has 2 heterocycles. The summed E-state index contributed by atoms with van der Waals surface area (Å²) >= 11 is 0. The highest BCUT2D eigenvalue weighted by molar-refractivity contribution is 5.78. The molecular formula is C16H16N2O. The number of furan rings is 1. The topological polar surface area (TPSA) is 52.0 Å². The van der Waals surface area contributed by atoms with E-state index >= 15 is 0 Å². The highest BCUT2D eigenvalue weighted by Gasteiger charge is 2.12. The van der Waals surface area contributed by atoms with Gasteiger partial charge in [-0.2, -0.15) is 0 Å². The van der Waals surface area contributed by atoms with E-state index in [1.54, 1.807) is 6.20 Å². The molecular weight excluding hydrogens is 236 g/mol. The molecule has 0 spiro atoms. The Morgan fingerprint density at radius 3 is 2.95 bits per heavy atom. The van der Waals surface area contributed by atoms with E-state index in [1.165, 1.54) is 5.56 Å². The lowest BCUT2D eigenvalue weighted by Crippen LogP contribution is -2.12. The van der Waals surface area contributed by atoms with Crippen LogP contribution in [0.5, 0.6) is 0 Å². The highest BCUT2D eigenvalue weighted by Crippen LogP contribution is 2.25. The van der Waals surface area contributed by atoms with Gasteiger partial charge in [-0.25, -0.2) is 0 Å². The van der Waals surface area contributed by atoms with E-state index in [-0.39, 0.29) is 6.04 Å². The minimum Gasteiger partial charge on any atom is -0.459 e. The molecule has 96 valence electrons. The first kappa shape index (κ1) is 11.9. The van der Waals surface area contributed by atoms with Gasteiger partial charge >= 0.3 is 0 Å². The molecule has 1 aromatic carbocycles. The molecule has 0 amide bonds. The molecule has 2 N–H and O–H groups in total. The molecule has 0 saturated carbocycles. The van der Waals surface area contributed by atoms with Crippen LogP contribution in [0, 0.1) is 6.92 Å². The van der Waals surface area contributed by atoms with Crippen LogP contribution >= 0.6 is 0 Å². The number of fused-ring (bicyclic) bond motifs is 1. The zero-order valence-corrected chi connectivity index (χ0v) is 10.8. The van der Waals surface area contributed by atoms with Gasteiger partial charge < -0.3 is 10.2 Å². The van der Waals surface area contributed by atoms with Crippen molar-refractivity contribution in [1.29, 1.82) is 0 Å². The van der Waals surface area contributed by atoms with Crippen LogP contribution < -0.4 is 5.73 Å². The fourth-order valence-corrected chi connectivity index (χ4v) is 2.24. The van der Waals surface area contributed by atoms with Crippen molar-refractivity contribution in [1.82, 2.24) is 4.98 Å². The summed E-state index contributed by atoms with van der Waals surface area (Å²) in [7, 11) is 0. The Morgan fingerprint density at radius 2 is 2.16 bits per heavy atom. The summed E-state index contributed by atoms with van der Waals surface area (Å²) in [6.07, 6.45) is 4.33. The zero-order chi connectivity index (χ0) is 13.2. The predicted molar refractivity (Wildman–Crippen MR) is 75.8 cm³/mol. The molecule has 0 fully saturated rings. The number of benzene rings is 1. The van der Waals surface area contributed by atoms with Gasteiger partial charge in [0.2, 0.25) is 0 Å². The maximum Gasteiger partial charge on any atom is 0.134 e. The van der Waals surface area contributed by atoms with Gasteiger partial charge in [0.25, 0.3) is 0 Å². The minimum atomic E-state index is -0.142. The summed E-state index contributed by atoms with van der Waals surface area (Å²) in [4.78, 5) is 4.10. The maximum atomic E-state index is 6.21. The van der Waals surface area contributed by atoms with Crippen molar-refractivity contribution in [2.45, 2.75) is 19.4 Å². The van der Waals surface area contributed by atoms with Crippen molar-refractivity contribution >= 4 is 11.0 Å². The van der Waals surface area contributed by atoms with Crippen LogP contribution in [-0.4, -0.2) is 4.98 Å². The number of hydrogen-bond donors (Lipinski definition) is 1. The minimum absolute atomic E-state index is 0.142. The van der Waals surface area contributed by atoms with E-state index in [2.05, 4.69) is 18.0 Å². The standard InChI is InChI=1S/C16H16N2O/c1-11-4-5-15-13(7-11)9-16(19-15)14(17)8-12-3-2-6-18-10-12/h2-7,9-10,14H,8,17H2,1H3. The first-order valence-corrected chi connectivity index (χ1v) is 6.37. The van der Waals surface area contributed by atoms with Crippen LogP contribution in [0.4, 0.5) is 0 Å². The third-order valence-corrected chi connectivity index (χ3v) is 3.23. The van der Waals surface area contributed by atoms with Gasteiger partial charge in [-0.3, -0.25) is 4.98 Å². The molecule has 0 radical (unpaired) electrons. The van der Waals surface area contributed by atoms with Crippen LogP contribution in [0.15, 0.2) is 53.2 Å². The molecule has 19 heavy (non-hydrogen) atoms. The maximum absolute atomic E-state index is 6.21. The average molecular weight is 252 g/mol. The number of nitrogens with zero attached hydrogens (tertiary/aromatic N) is 1. The van der Waals surface area contributed by atoms with E-state index in [9.17, 15) is 0 Å². The molecule has 3 aromatic rings. The molecule has 0 aliphatic rings. The SMILES string of the molecule is Cc1ccc2oc(C(N)Cc3cccnc3)cc2c1. The number of nitrogens with two attached hydrogens (primary N) is 1. The van der Waals surface area contributed by atoms with Crippen molar-refractivity contribution in [3.05, 3.63) is 65.7 Å². The van der Waals surface area contributed by atoms with Gasteiger partial charge in [-0.1, -0.05) is 17.7 Å². The monoisotopic (exact) mass is 252 g/mol. The van der Waals surface area contributed by atoms with Gasteiger partial charge in [0, 0.05) is 17.8 Å². The van der Waals surface area contributed by atoms with Crippen molar-refractivity contribution in [2.75, 3.05) is 0 Å². The summed E-state index contributed by atoms with van der Waals surface area (Å²) in [5.74, 6) is 0.824. The Labute approximate surface area is 112 Å². The first-order valence-electron chi connectivity index (χ1n) is 6.37. The lowest BCUT2D eigenvalue weighted by Gasteiger charge is -2.07. The normalized spacial score (nSPS) is 12.7. The highest BCUT2D eigenvalue weighted by atomic mass is 16.3. The summed E-state index contributed by atoms with van der Waals surface area (Å²) in [6.45, 7) is 2.07. The van der Waals surface area contributed by atoms with E-state index in [0.29, 0.717) is 0 Å². The second-order valence-corrected chi connectivity index (χ2v) is 4.86. The number of hydrogen-bond acceptors (Lipinski definition) is 3. The van der Waals surface area contributed by atoms with Crippen LogP contribution in [0.3, 0.4) is 0 Å². The van der Waals surface area contributed by atoms with Gasteiger partial charge in [-0.05, 0) is 43.2 Å². The number of aryl methyl sites for hydroxylation is 1. The molecule has 1 unspecified atom stereocenters. The zero-order valence-electron chi connectivity index (χ0n) is 10.8. The molecule has 0 aliphatic carbocycles. The van der Waals surface area contributed by atoms with E-state index in [4.69, 9.17) is 10.2 Å². The van der Waals surface area contributed by atoms with Gasteiger partial charge in [-0.15, -0.1) is 0 Å². The smallest absolute Gasteiger partial charge is 0.134 e. The molecule has 0 aliphatic heterocycles. The van der Waals surface area contributed by atoms with E-state index < -0.39 is 0 Å². The second-order valence-electron chi connectivity index (χ2n) is 4.86. The average Bonchev–Trinajstić information content (AvgIpc) is 2.83. The van der Waals surface area contributed by atoms with Crippen molar-refractivity contribution in [3.63, 3.8) is 0 Å². The lowest BCUT2D eigenvalue weighted by molar-refractivity contribution is 0.494. The molecule has 3 heteroatoms. The summed E-state index contributed by atoms with van der Waals surface area (Å²) in [5, 5.41) is 1.11. The third kappa shape index (κ3) is 2.51. The molecule has 3 rings (SSSR count). The van der Waals surface area contributed by atoms with Gasteiger partial charge in [0.1, 0.15) is 11.3 Å². The molecule has 0 bridgehead atoms. The first-order chi connectivity index (χ1) is 9.22.